The summed E-state index contributed by atoms with van der Waals surface area (Å²) < 4.78 is 1.83. The summed E-state index contributed by atoms with van der Waals surface area (Å²) in [5.41, 5.74) is 1.64. The number of amides is 1. The number of hydrogen-bond donors (Lipinski definition) is 0. The molecule has 1 aliphatic rings. The predicted octanol–water partition coefficient (Wildman–Crippen LogP) is 2.03. The van der Waals surface area contributed by atoms with E-state index in [0.29, 0.717) is 5.78 Å². The average Bonchev–Trinajstić information content (AvgIpc) is 3.24. The van der Waals surface area contributed by atoms with Gasteiger partial charge < -0.3 is 4.90 Å². The van der Waals surface area contributed by atoms with Crippen LogP contribution in [0.1, 0.15) is 23.2 Å². The molecule has 6 nitrogen and oxygen atoms in total. The highest BCUT2D eigenvalue weighted by Gasteiger charge is 2.19. The smallest absolute Gasteiger partial charge is 0.255 e. The van der Waals surface area contributed by atoms with Gasteiger partial charge in [-0.2, -0.15) is 0 Å². The summed E-state index contributed by atoms with van der Waals surface area (Å²) in [7, 11) is 0. The third kappa shape index (κ3) is 2.13. The van der Waals surface area contributed by atoms with E-state index in [2.05, 4.69) is 15.2 Å². The van der Waals surface area contributed by atoms with Crippen molar-refractivity contribution in [2.24, 2.45) is 0 Å². The van der Waals surface area contributed by atoms with Crippen molar-refractivity contribution in [1.82, 2.24) is 24.5 Å². The summed E-state index contributed by atoms with van der Waals surface area (Å²) in [6.45, 7) is 1.72. The number of benzene rings is 1. The van der Waals surface area contributed by atoms with Gasteiger partial charge in [0, 0.05) is 36.6 Å². The minimum atomic E-state index is 0.108. The van der Waals surface area contributed by atoms with Crippen molar-refractivity contribution in [3.63, 3.8) is 0 Å². The summed E-state index contributed by atoms with van der Waals surface area (Å²) in [5.74, 6) is 1.40. The molecule has 1 amide bonds. The second-order valence-corrected chi connectivity index (χ2v) is 5.39. The van der Waals surface area contributed by atoms with E-state index in [1.54, 1.807) is 6.20 Å². The van der Waals surface area contributed by atoms with Crippen LogP contribution >= 0.6 is 0 Å². The van der Waals surface area contributed by atoms with Gasteiger partial charge in [-0.3, -0.25) is 9.20 Å². The fourth-order valence-corrected chi connectivity index (χ4v) is 2.80. The molecule has 0 aliphatic carbocycles. The van der Waals surface area contributed by atoms with Gasteiger partial charge in [0.1, 0.15) is 0 Å². The third-order valence-corrected chi connectivity index (χ3v) is 3.97. The van der Waals surface area contributed by atoms with Crippen molar-refractivity contribution >= 4 is 11.7 Å². The average molecular weight is 293 g/mol. The summed E-state index contributed by atoms with van der Waals surface area (Å²) in [6.07, 6.45) is 5.76. The Balaban J connectivity index is 1.65. The van der Waals surface area contributed by atoms with Crippen LogP contribution in [0, 0.1) is 0 Å². The van der Waals surface area contributed by atoms with Gasteiger partial charge in [0.05, 0.1) is 0 Å². The van der Waals surface area contributed by atoms with E-state index in [-0.39, 0.29) is 5.91 Å². The van der Waals surface area contributed by atoms with Crippen molar-refractivity contribution < 1.29 is 4.79 Å². The SMILES string of the molecule is O=C(c1ccc(-c2nnc3ncccn23)cc1)N1CCCC1. The number of carbonyl (C=O) groups excluding carboxylic acids is 1. The van der Waals surface area contributed by atoms with Crippen LogP contribution in [-0.2, 0) is 0 Å². The van der Waals surface area contributed by atoms with Crippen LogP contribution in [0.25, 0.3) is 17.2 Å². The molecule has 1 aliphatic heterocycles. The first-order valence-electron chi connectivity index (χ1n) is 7.38. The molecule has 110 valence electrons. The Morgan fingerprint density at radius 2 is 1.82 bits per heavy atom. The van der Waals surface area contributed by atoms with Gasteiger partial charge in [-0.25, -0.2) is 4.98 Å². The molecule has 0 spiro atoms. The highest BCUT2D eigenvalue weighted by molar-refractivity contribution is 5.94. The third-order valence-electron chi connectivity index (χ3n) is 3.97. The molecular formula is C16H15N5O. The van der Waals surface area contributed by atoms with Gasteiger partial charge in [-0.15, -0.1) is 10.2 Å². The van der Waals surface area contributed by atoms with Crippen LogP contribution in [0.3, 0.4) is 0 Å². The summed E-state index contributed by atoms with van der Waals surface area (Å²) in [6, 6.07) is 9.37. The van der Waals surface area contributed by atoms with Gasteiger partial charge in [-0.1, -0.05) is 12.1 Å². The largest absolute Gasteiger partial charge is 0.339 e. The van der Waals surface area contributed by atoms with Crippen LogP contribution in [0.15, 0.2) is 42.7 Å². The van der Waals surface area contributed by atoms with Crippen molar-refractivity contribution in [3.05, 3.63) is 48.3 Å². The zero-order valence-electron chi connectivity index (χ0n) is 12.0. The maximum atomic E-state index is 12.3. The van der Waals surface area contributed by atoms with Gasteiger partial charge in [0.15, 0.2) is 5.82 Å². The van der Waals surface area contributed by atoms with Gasteiger partial charge in [0.2, 0.25) is 0 Å². The molecule has 22 heavy (non-hydrogen) atoms. The number of likely N-dealkylation sites (tertiary alicyclic amines) is 1. The lowest BCUT2D eigenvalue weighted by Crippen LogP contribution is -2.27. The van der Waals surface area contributed by atoms with Crippen LogP contribution in [0.4, 0.5) is 0 Å². The molecule has 1 fully saturated rings. The molecular weight excluding hydrogens is 278 g/mol. The normalized spacial score (nSPS) is 14.6. The Morgan fingerprint density at radius 1 is 1.05 bits per heavy atom. The summed E-state index contributed by atoms with van der Waals surface area (Å²) >= 11 is 0. The molecule has 0 N–H and O–H groups in total. The fourth-order valence-electron chi connectivity index (χ4n) is 2.80. The molecule has 3 aromatic rings. The zero-order valence-corrected chi connectivity index (χ0v) is 12.0. The maximum absolute atomic E-state index is 12.3. The number of hydrogen-bond acceptors (Lipinski definition) is 4. The molecule has 0 atom stereocenters. The first-order chi connectivity index (χ1) is 10.8. The Labute approximate surface area is 127 Å². The van der Waals surface area contributed by atoms with Crippen LogP contribution in [0.5, 0.6) is 0 Å². The minimum Gasteiger partial charge on any atom is -0.339 e. The lowest BCUT2D eigenvalue weighted by atomic mass is 10.1. The van der Waals surface area contributed by atoms with Crippen LogP contribution in [-0.4, -0.2) is 43.5 Å². The number of nitrogens with zero attached hydrogens (tertiary/aromatic N) is 5. The zero-order chi connectivity index (χ0) is 14.9. The molecule has 4 rings (SSSR count). The second-order valence-electron chi connectivity index (χ2n) is 5.39. The molecule has 0 unspecified atom stereocenters. The molecule has 6 heteroatoms. The Bertz CT molecular complexity index is 818. The first kappa shape index (κ1) is 12.9. The molecule has 0 bridgehead atoms. The Hall–Kier alpha value is -2.76. The Morgan fingerprint density at radius 3 is 2.59 bits per heavy atom. The monoisotopic (exact) mass is 293 g/mol. The Kier molecular flexibility index (Phi) is 3.07. The topological polar surface area (TPSA) is 63.4 Å². The quantitative estimate of drug-likeness (QED) is 0.725. The van der Waals surface area contributed by atoms with Crippen molar-refractivity contribution in [2.45, 2.75) is 12.8 Å². The van der Waals surface area contributed by atoms with E-state index in [1.165, 1.54) is 0 Å². The van der Waals surface area contributed by atoms with Gasteiger partial charge in [-0.05, 0) is 31.0 Å². The van der Waals surface area contributed by atoms with E-state index in [9.17, 15) is 4.79 Å². The molecule has 3 heterocycles. The summed E-state index contributed by atoms with van der Waals surface area (Å²) in [5, 5.41) is 8.21. The first-order valence-corrected chi connectivity index (χ1v) is 7.38. The fraction of sp³-hybridized carbons (Fsp3) is 0.250. The van der Waals surface area contributed by atoms with Crippen molar-refractivity contribution in [1.29, 1.82) is 0 Å². The van der Waals surface area contributed by atoms with Crippen molar-refractivity contribution in [2.75, 3.05) is 13.1 Å². The van der Waals surface area contributed by atoms with E-state index >= 15 is 0 Å². The number of fused-ring (bicyclic) bond motifs is 1. The molecule has 0 radical (unpaired) electrons. The molecule has 1 saturated heterocycles. The lowest BCUT2D eigenvalue weighted by Gasteiger charge is -2.15. The van der Waals surface area contributed by atoms with E-state index in [0.717, 1.165) is 42.9 Å². The van der Waals surface area contributed by atoms with Crippen LogP contribution in [0.2, 0.25) is 0 Å². The highest BCUT2D eigenvalue weighted by atomic mass is 16.2. The number of aromatic nitrogens is 4. The number of rotatable bonds is 2. The molecule has 0 saturated carbocycles. The standard InChI is InChI=1S/C16H15N5O/c22-15(20-9-1-2-10-20)13-6-4-12(5-7-13)14-18-19-16-17-8-3-11-21(14)16/h3-8,11H,1-2,9-10H2. The number of carbonyl (C=O) groups is 1. The van der Waals surface area contributed by atoms with Crippen LogP contribution < -0.4 is 0 Å². The summed E-state index contributed by atoms with van der Waals surface area (Å²) in [4.78, 5) is 18.4. The maximum Gasteiger partial charge on any atom is 0.255 e. The van der Waals surface area contributed by atoms with Gasteiger partial charge in [0.25, 0.3) is 11.7 Å². The molecule has 2 aromatic heterocycles. The van der Waals surface area contributed by atoms with E-state index in [4.69, 9.17) is 0 Å². The predicted molar refractivity (Wildman–Crippen MR) is 81.4 cm³/mol. The second kappa shape index (κ2) is 5.22. The molecule has 1 aromatic carbocycles. The minimum absolute atomic E-state index is 0.108. The lowest BCUT2D eigenvalue weighted by molar-refractivity contribution is 0.0793. The van der Waals surface area contributed by atoms with E-state index in [1.807, 2.05) is 45.8 Å². The van der Waals surface area contributed by atoms with Crippen molar-refractivity contribution in [3.8, 4) is 11.4 Å². The van der Waals surface area contributed by atoms with Gasteiger partial charge >= 0.3 is 0 Å². The van der Waals surface area contributed by atoms with E-state index < -0.39 is 0 Å². The highest BCUT2D eigenvalue weighted by Crippen LogP contribution is 2.19.